The molecule has 0 amide bonds. The van der Waals surface area contributed by atoms with Gasteiger partial charge in [0, 0.05) is 0 Å². The van der Waals surface area contributed by atoms with E-state index in [1.165, 1.54) is 11.1 Å². The Morgan fingerprint density at radius 1 is 0.545 bits per heavy atom. The van der Waals surface area contributed by atoms with Gasteiger partial charge in [0.15, 0.2) is 0 Å². The summed E-state index contributed by atoms with van der Waals surface area (Å²) in [7, 11) is 0. The van der Waals surface area contributed by atoms with Crippen LogP contribution in [-0.2, 0) is 0 Å². The van der Waals surface area contributed by atoms with E-state index in [9.17, 15) is 0 Å². The van der Waals surface area contributed by atoms with Crippen molar-refractivity contribution in [2.75, 3.05) is 0 Å². The first-order valence-corrected chi connectivity index (χ1v) is 7.12. The van der Waals surface area contributed by atoms with Crippen molar-refractivity contribution in [3.05, 3.63) is 108 Å². The van der Waals surface area contributed by atoms with E-state index in [0.29, 0.717) is 5.56 Å². The number of nitriles is 1. The Kier molecular flexibility index (Phi) is 6.21. The molecule has 0 aliphatic rings. The Bertz CT molecular complexity index is 682. The molecule has 0 unspecified atom stereocenters. The number of nitrogens with zero attached hydrogens (tertiary/aromatic N) is 1. The van der Waals surface area contributed by atoms with Gasteiger partial charge in [0.25, 0.3) is 0 Å². The standard InChI is InChI=1S/C14H12.C7H5N/c1-3-7-13(8-4-1)11-12-14-9-5-2-6-10-14;8-6-7-4-2-1-3-5-7/h1-12H;1-5H. The molecular formula is C21H17N. The van der Waals surface area contributed by atoms with Crippen LogP contribution in [-0.4, -0.2) is 0 Å². The van der Waals surface area contributed by atoms with E-state index < -0.39 is 0 Å². The van der Waals surface area contributed by atoms with Crippen LogP contribution in [0.25, 0.3) is 12.2 Å². The number of hydrogen-bond donors (Lipinski definition) is 0. The molecule has 0 aliphatic heterocycles. The summed E-state index contributed by atoms with van der Waals surface area (Å²) in [6.45, 7) is 0. The molecule has 0 radical (unpaired) electrons. The summed E-state index contributed by atoms with van der Waals surface area (Å²) in [6, 6.07) is 31.8. The van der Waals surface area contributed by atoms with Gasteiger partial charge >= 0.3 is 0 Å². The average molecular weight is 283 g/mol. The highest BCUT2D eigenvalue weighted by molar-refractivity contribution is 5.69. The van der Waals surface area contributed by atoms with Gasteiger partial charge in [-0.2, -0.15) is 5.26 Å². The minimum absolute atomic E-state index is 0.715. The van der Waals surface area contributed by atoms with E-state index in [1.807, 2.05) is 60.7 Å². The third-order valence-corrected chi connectivity index (χ3v) is 2.97. The molecule has 3 aromatic carbocycles. The molecule has 22 heavy (non-hydrogen) atoms. The molecule has 0 spiro atoms. The lowest BCUT2D eigenvalue weighted by molar-refractivity contribution is 1.49. The highest BCUT2D eigenvalue weighted by Gasteiger charge is 1.84. The van der Waals surface area contributed by atoms with Gasteiger partial charge in [0.05, 0.1) is 11.6 Å². The van der Waals surface area contributed by atoms with Crippen LogP contribution in [0.1, 0.15) is 16.7 Å². The normalized spacial score (nSPS) is 9.59. The zero-order valence-corrected chi connectivity index (χ0v) is 12.3. The molecule has 106 valence electrons. The van der Waals surface area contributed by atoms with Crippen molar-refractivity contribution in [3.8, 4) is 6.07 Å². The maximum atomic E-state index is 8.29. The monoisotopic (exact) mass is 283 g/mol. The van der Waals surface area contributed by atoms with Gasteiger partial charge < -0.3 is 0 Å². The van der Waals surface area contributed by atoms with Crippen LogP contribution in [0, 0.1) is 11.3 Å². The van der Waals surface area contributed by atoms with E-state index in [2.05, 4.69) is 36.4 Å². The second-order valence-electron chi connectivity index (χ2n) is 4.63. The van der Waals surface area contributed by atoms with Crippen LogP contribution < -0.4 is 0 Å². The fraction of sp³-hybridized carbons (Fsp3) is 0. The lowest BCUT2D eigenvalue weighted by atomic mass is 10.1. The quantitative estimate of drug-likeness (QED) is 0.576. The summed E-state index contributed by atoms with van der Waals surface area (Å²) < 4.78 is 0. The Morgan fingerprint density at radius 3 is 1.23 bits per heavy atom. The van der Waals surface area contributed by atoms with Gasteiger partial charge in [-0.05, 0) is 23.3 Å². The van der Waals surface area contributed by atoms with E-state index in [-0.39, 0.29) is 0 Å². The zero-order chi connectivity index (χ0) is 15.5. The largest absolute Gasteiger partial charge is 0.192 e. The summed E-state index contributed by atoms with van der Waals surface area (Å²) >= 11 is 0. The lowest BCUT2D eigenvalue weighted by Gasteiger charge is -1.92. The van der Waals surface area contributed by atoms with Gasteiger partial charge in [-0.1, -0.05) is 91.0 Å². The summed E-state index contributed by atoms with van der Waals surface area (Å²) in [5.41, 5.74) is 3.18. The average Bonchev–Trinajstić information content (AvgIpc) is 2.63. The topological polar surface area (TPSA) is 23.8 Å². The maximum Gasteiger partial charge on any atom is 0.0991 e. The minimum Gasteiger partial charge on any atom is -0.192 e. The van der Waals surface area contributed by atoms with Gasteiger partial charge in [-0.15, -0.1) is 0 Å². The van der Waals surface area contributed by atoms with Crippen LogP contribution >= 0.6 is 0 Å². The first-order valence-electron chi connectivity index (χ1n) is 7.12. The molecule has 1 heteroatoms. The van der Waals surface area contributed by atoms with E-state index in [4.69, 9.17) is 5.26 Å². The molecule has 0 aliphatic carbocycles. The number of hydrogen-bond acceptors (Lipinski definition) is 1. The van der Waals surface area contributed by atoms with Crippen LogP contribution in [0.5, 0.6) is 0 Å². The van der Waals surface area contributed by atoms with Gasteiger partial charge in [0.2, 0.25) is 0 Å². The molecule has 1 nitrogen and oxygen atoms in total. The minimum atomic E-state index is 0.715. The zero-order valence-electron chi connectivity index (χ0n) is 12.3. The van der Waals surface area contributed by atoms with Crippen molar-refractivity contribution in [2.45, 2.75) is 0 Å². The molecule has 0 bridgehead atoms. The van der Waals surface area contributed by atoms with Gasteiger partial charge in [-0.3, -0.25) is 0 Å². The van der Waals surface area contributed by atoms with Gasteiger partial charge in [0.1, 0.15) is 0 Å². The fourth-order valence-corrected chi connectivity index (χ4v) is 1.83. The number of benzene rings is 3. The molecule has 0 saturated heterocycles. The Morgan fingerprint density at radius 2 is 0.909 bits per heavy atom. The Hall–Kier alpha value is -3.11. The Balaban J connectivity index is 0.000000188. The van der Waals surface area contributed by atoms with Crippen molar-refractivity contribution >= 4 is 12.2 Å². The predicted octanol–water partition coefficient (Wildman–Crippen LogP) is 5.42. The third-order valence-electron chi connectivity index (χ3n) is 2.97. The molecule has 0 atom stereocenters. The maximum absolute atomic E-state index is 8.29. The highest BCUT2D eigenvalue weighted by Crippen LogP contribution is 2.06. The van der Waals surface area contributed by atoms with Gasteiger partial charge in [-0.25, -0.2) is 0 Å². The Labute approximate surface area is 131 Å². The fourth-order valence-electron chi connectivity index (χ4n) is 1.83. The summed E-state index contributed by atoms with van der Waals surface area (Å²) in [5, 5.41) is 8.29. The molecule has 3 aromatic rings. The predicted molar refractivity (Wildman–Crippen MR) is 93.0 cm³/mol. The van der Waals surface area contributed by atoms with Crippen LogP contribution in [0.15, 0.2) is 91.0 Å². The first-order chi connectivity index (χ1) is 10.9. The van der Waals surface area contributed by atoms with Crippen molar-refractivity contribution in [2.24, 2.45) is 0 Å². The summed E-state index contributed by atoms with van der Waals surface area (Å²) in [5.74, 6) is 0. The highest BCUT2D eigenvalue weighted by atomic mass is 14.2. The smallest absolute Gasteiger partial charge is 0.0991 e. The van der Waals surface area contributed by atoms with Crippen LogP contribution in [0.3, 0.4) is 0 Å². The first kappa shape index (κ1) is 15.3. The molecule has 0 aromatic heterocycles. The molecule has 0 saturated carbocycles. The van der Waals surface area contributed by atoms with Crippen molar-refractivity contribution in [3.63, 3.8) is 0 Å². The molecular weight excluding hydrogens is 266 g/mol. The second-order valence-corrected chi connectivity index (χ2v) is 4.63. The molecule has 0 heterocycles. The van der Waals surface area contributed by atoms with Crippen LogP contribution in [0.4, 0.5) is 0 Å². The summed E-state index contributed by atoms with van der Waals surface area (Å²) in [4.78, 5) is 0. The molecule has 0 fully saturated rings. The van der Waals surface area contributed by atoms with Crippen molar-refractivity contribution in [1.82, 2.24) is 0 Å². The molecule has 3 rings (SSSR count). The van der Waals surface area contributed by atoms with Crippen LogP contribution in [0.2, 0.25) is 0 Å². The van der Waals surface area contributed by atoms with Crippen molar-refractivity contribution < 1.29 is 0 Å². The van der Waals surface area contributed by atoms with E-state index >= 15 is 0 Å². The van der Waals surface area contributed by atoms with E-state index in [0.717, 1.165) is 0 Å². The second kappa shape index (κ2) is 8.94. The molecule has 0 N–H and O–H groups in total. The lowest BCUT2D eigenvalue weighted by Crippen LogP contribution is -1.70. The third kappa shape index (κ3) is 5.48. The number of rotatable bonds is 2. The SMILES string of the molecule is C(=Cc1ccccc1)c1ccccc1.N#Cc1ccccc1. The van der Waals surface area contributed by atoms with E-state index in [1.54, 1.807) is 12.1 Å². The van der Waals surface area contributed by atoms with Crippen molar-refractivity contribution in [1.29, 1.82) is 5.26 Å². The summed E-state index contributed by atoms with van der Waals surface area (Å²) in [6.07, 6.45) is 4.24.